The molecule has 0 fully saturated rings. The maximum atomic E-state index is 8.76. The average Bonchev–Trinajstić information content (AvgIpc) is 2.78. The Morgan fingerprint density at radius 3 is 2.00 bits per heavy atom. The molecule has 0 saturated heterocycles. The minimum atomic E-state index is 0.525. The molecule has 0 saturated carbocycles. The lowest BCUT2D eigenvalue weighted by molar-refractivity contribution is 0.223. The number of hydrogen-bond acceptors (Lipinski definition) is 8. The quantitative estimate of drug-likeness (QED) is 0.407. The fourth-order valence-corrected chi connectivity index (χ4v) is 2.49. The molecule has 0 radical (unpaired) electrons. The van der Waals surface area contributed by atoms with Crippen molar-refractivity contribution in [3.05, 3.63) is 47.8 Å². The molecule has 2 rings (SSSR count). The van der Waals surface area contributed by atoms with Crippen molar-refractivity contribution in [1.29, 1.82) is 10.5 Å². The standard InChI is InChI=1S/C21H26N6O2/c1-2-27(10-4-12-29-21-8-6-19(14-23)16-26-21)17-24-9-3-11-28-20-7-5-18(13-22)15-25-20/h5-8,15-16,24H,2-4,9-12,17H2,1H3. The minimum Gasteiger partial charge on any atom is -0.478 e. The van der Waals surface area contributed by atoms with E-state index in [2.05, 4.69) is 27.1 Å². The number of nitrogens with zero attached hydrogens (tertiary/aromatic N) is 5. The van der Waals surface area contributed by atoms with Gasteiger partial charge < -0.3 is 14.8 Å². The first-order valence-corrected chi connectivity index (χ1v) is 9.66. The second-order valence-electron chi connectivity index (χ2n) is 6.27. The Balaban J connectivity index is 1.51. The molecule has 1 N–H and O–H groups in total. The van der Waals surface area contributed by atoms with E-state index >= 15 is 0 Å². The SMILES string of the molecule is CCN(CCCOc1ccc(C#N)cn1)CNCCCOc1ccc(C#N)cn1. The predicted octanol–water partition coefficient (Wildman–Crippen LogP) is 2.33. The molecule has 0 aliphatic rings. The Kier molecular flexibility index (Phi) is 9.95. The van der Waals surface area contributed by atoms with Gasteiger partial charge in [0.1, 0.15) is 12.1 Å². The number of nitriles is 2. The molecule has 29 heavy (non-hydrogen) atoms. The van der Waals surface area contributed by atoms with E-state index in [1.807, 2.05) is 12.1 Å². The lowest BCUT2D eigenvalue weighted by atomic mass is 10.3. The fourth-order valence-electron chi connectivity index (χ4n) is 2.49. The van der Waals surface area contributed by atoms with Crippen LogP contribution >= 0.6 is 0 Å². The van der Waals surface area contributed by atoms with E-state index in [9.17, 15) is 0 Å². The van der Waals surface area contributed by atoms with Gasteiger partial charge in [-0.25, -0.2) is 9.97 Å². The van der Waals surface area contributed by atoms with Gasteiger partial charge in [0.2, 0.25) is 11.8 Å². The monoisotopic (exact) mass is 394 g/mol. The molecular formula is C21H26N6O2. The van der Waals surface area contributed by atoms with Gasteiger partial charge in [0.25, 0.3) is 0 Å². The van der Waals surface area contributed by atoms with Crippen molar-refractivity contribution in [3.8, 4) is 23.9 Å². The zero-order valence-electron chi connectivity index (χ0n) is 16.7. The summed E-state index contributed by atoms with van der Waals surface area (Å²) in [6.07, 6.45) is 4.78. The van der Waals surface area contributed by atoms with Gasteiger partial charge >= 0.3 is 0 Å². The van der Waals surface area contributed by atoms with Crippen molar-refractivity contribution in [3.63, 3.8) is 0 Å². The summed E-state index contributed by atoms with van der Waals surface area (Å²) in [4.78, 5) is 10.5. The molecule has 0 bridgehead atoms. The second-order valence-corrected chi connectivity index (χ2v) is 6.27. The van der Waals surface area contributed by atoms with Crippen molar-refractivity contribution in [2.75, 3.05) is 39.5 Å². The van der Waals surface area contributed by atoms with Crippen LogP contribution in [0.25, 0.3) is 0 Å². The van der Waals surface area contributed by atoms with Crippen molar-refractivity contribution >= 4 is 0 Å². The van der Waals surface area contributed by atoms with Crippen LogP contribution < -0.4 is 14.8 Å². The Morgan fingerprint density at radius 2 is 1.52 bits per heavy atom. The Morgan fingerprint density at radius 1 is 0.931 bits per heavy atom. The molecule has 0 unspecified atom stereocenters. The summed E-state index contributed by atoms with van der Waals surface area (Å²) in [6, 6.07) is 10.9. The molecule has 0 spiro atoms. The zero-order valence-corrected chi connectivity index (χ0v) is 16.7. The molecule has 2 aromatic heterocycles. The van der Waals surface area contributed by atoms with Crippen LogP contribution in [0.4, 0.5) is 0 Å². The molecule has 0 aliphatic carbocycles. The van der Waals surface area contributed by atoms with Crippen molar-refractivity contribution < 1.29 is 9.47 Å². The van der Waals surface area contributed by atoms with Gasteiger partial charge in [-0.2, -0.15) is 10.5 Å². The van der Waals surface area contributed by atoms with E-state index in [1.165, 1.54) is 12.4 Å². The first-order chi connectivity index (χ1) is 14.2. The third-order valence-electron chi connectivity index (χ3n) is 4.13. The van der Waals surface area contributed by atoms with Gasteiger partial charge in [0.15, 0.2) is 0 Å². The summed E-state index contributed by atoms with van der Waals surface area (Å²) < 4.78 is 11.2. The normalized spacial score (nSPS) is 10.3. The maximum absolute atomic E-state index is 8.76. The second kappa shape index (κ2) is 13.1. The summed E-state index contributed by atoms with van der Waals surface area (Å²) in [5.74, 6) is 1.08. The molecule has 2 aromatic rings. The van der Waals surface area contributed by atoms with Crippen LogP contribution in [-0.2, 0) is 0 Å². The highest BCUT2D eigenvalue weighted by Crippen LogP contribution is 2.08. The topological polar surface area (TPSA) is 107 Å². The first kappa shape index (κ1) is 22.1. The minimum absolute atomic E-state index is 0.525. The van der Waals surface area contributed by atoms with Gasteiger partial charge in [-0.3, -0.25) is 4.90 Å². The fraction of sp³-hybridized carbons (Fsp3) is 0.429. The smallest absolute Gasteiger partial charge is 0.213 e. The van der Waals surface area contributed by atoms with Gasteiger partial charge in [0, 0.05) is 37.7 Å². The summed E-state index contributed by atoms with van der Waals surface area (Å²) in [7, 11) is 0. The van der Waals surface area contributed by atoms with Crippen LogP contribution in [-0.4, -0.2) is 54.4 Å². The molecule has 152 valence electrons. The number of nitrogens with one attached hydrogen (secondary N) is 1. The van der Waals surface area contributed by atoms with Gasteiger partial charge in [-0.1, -0.05) is 6.92 Å². The molecular weight excluding hydrogens is 368 g/mol. The van der Waals surface area contributed by atoms with E-state index in [-0.39, 0.29) is 0 Å². The molecule has 8 heteroatoms. The van der Waals surface area contributed by atoms with E-state index in [0.29, 0.717) is 36.1 Å². The highest BCUT2D eigenvalue weighted by molar-refractivity contribution is 5.28. The van der Waals surface area contributed by atoms with Crippen molar-refractivity contribution in [2.45, 2.75) is 19.8 Å². The predicted molar refractivity (Wildman–Crippen MR) is 108 cm³/mol. The third kappa shape index (κ3) is 8.56. The van der Waals surface area contributed by atoms with E-state index < -0.39 is 0 Å². The summed E-state index contributed by atoms with van der Waals surface area (Å²) in [6.45, 7) is 6.81. The van der Waals surface area contributed by atoms with Crippen LogP contribution in [0.3, 0.4) is 0 Å². The zero-order chi connectivity index (χ0) is 20.7. The van der Waals surface area contributed by atoms with Crippen LogP contribution in [0.5, 0.6) is 11.8 Å². The number of aromatic nitrogens is 2. The number of ether oxygens (including phenoxy) is 2. The maximum Gasteiger partial charge on any atom is 0.213 e. The summed E-state index contributed by atoms with van der Waals surface area (Å²) >= 11 is 0. The molecule has 0 atom stereocenters. The highest BCUT2D eigenvalue weighted by atomic mass is 16.5. The lowest BCUT2D eigenvalue weighted by Crippen LogP contribution is -2.36. The Labute approximate surface area is 171 Å². The number of hydrogen-bond donors (Lipinski definition) is 1. The van der Waals surface area contributed by atoms with Crippen LogP contribution in [0.1, 0.15) is 30.9 Å². The van der Waals surface area contributed by atoms with E-state index in [1.54, 1.807) is 24.3 Å². The molecule has 0 amide bonds. The molecule has 0 aromatic carbocycles. The molecule has 2 heterocycles. The Hall–Kier alpha value is -3.20. The van der Waals surface area contributed by atoms with Crippen LogP contribution in [0.15, 0.2) is 36.7 Å². The highest BCUT2D eigenvalue weighted by Gasteiger charge is 2.03. The molecule has 0 aliphatic heterocycles. The summed E-state index contributed by atoms with van der Waals surface area (Å²) in [5, 5.41) is 20.9. The van der Waals surface area contributed by atoms with Crippen LogP contribution in [0, 0.1) is 22.7 Å². The number of pyridine rings is 2. The average molecular weight is 394 g/mol. The largest absolute Gasteiger partial charge is 0.478 e. The van der Waals surface area contributed by atoms with E-state index in [4.69, 9.17) is 20.0 Å². The number of rotatable bonds is 13. The first-order valence-electron chi connectivity index (χ1n) is 9.66. The third-order valence-corrected chi connectivity index (χ3v) is 4.13. The van der Waals surface area contributed by atoms with Crippen molar-refractivity contribution in [2.24, 2.45) is 0 Å². The molecule has 8 nitrogen and oxygen atoms in total. The van der Waals surface area contributed by atoms with E-state index in [0.717, 1.165) is 39.1 Å². The van der Waals surface area contributed by atoms with Crippen LogP contribution in [0.2, 0.25) is 0 Å². The van der Waals surface area contributed by atoms with Gasteiger partial charge in [0.05, 0.1) is 24.3 Å². The lowest BCUT2D eigenvalue weighted by Gasteiger charge is -2.21. The van der Waals surface area contributed by atoms with Gasteiger partial charge in [-0.05, 0) is 38.1 Å². The summed E-state index contributed by atoms with van der Waals surface area (Å²) in [5.41, 5.74) is 1.05. The van der Waals surface area contributed by atoms with Gasteiger partial charge in [-0.15, -0.1) is 0 Å². The van der Waals surface area contributed by atoms with Crippen molar-refractivity contribution in [1.82, 2.24) is 20.2 Å². The Bertz CT molecular complexity index is 796.